The molecular weight excluding hydrogens is 148 g/mol. The fourth-order valence-corrected chi connectivity index (χ4v) is 1.48. The second-order valence-corrected chi connectivity index (χ2v) is 3.26. The fraction of sp³-hybridized carbons (Fsp3) is 0.800. The lowest BCUT2D eigenvalue weighted by Crippen LogP contribution is -2.41. The number of hydrogen-bond acceptors (Lipinski definition) is 2. The number of nitrogens with one attached hydrogen (secondary N) is 1. The van der Waals surface area contributed by atoms with Crippen molar-refractivity contribution in [2.75, 3.05) is 19.6 Å². The summed E-state index contributed by atoms with van der Waals surface area (Å²) in [5.74, 6) is 2.65. The molecular formula is C10H18N2. The van der Waals surface area contributed by atoms with Gasteiger partial charge < -0.3 is 0 Å². The van der Waals surface area contributed by atoms with Crippen LogP contribution in [0, 0.1) is 12.3 Å². The van der Waals surface area contributed by atoms with Crippen molar-refractivity contribution < 1.29 is 0 Å². The van der Waals surface area contributed by atoms with Gasteiger partial charge in [-0.2, -0.15) is 0 Å². The quantitative estimate of drug-likeness (QED) is 0.501. The fourth-order valence-electron chi connectivity index (χ4n) is 1.48. The molecule has 68 valence electrons. The van der Waals surface area contributed by atoms with Crippen LogP contribution in [0.4, 0.5) is 0 Å². The van der Waals surface area contributed by atoms with Gasteiger partial charge in [-0.05, 0) is 19.3 Å². The summed E-state index contributed by atoms with van der Waals surface area (Å²) in [7, 11) is 0. The van der Waals surface area contributed by atoms with Gasteiger partial charge >= 0.3 is 0 Å². The molecule has 0 unspecified atom stereocenters. The maximum absolute atomic E-state index is 5.16. The van der Waals surface area contributed by atoms with E-state index < -0.39 is 0 Å². The van der Waals surface area contributed by atoms with E-state index in [1.54, 1.807) is 0 Å². The van der Waals surface area contributed by atoms with Crippen LogP contribution < -0.4 is 5.43 Å². The Hall–Kier alpha value is -0.520. The summed E-state index contributed by atoms with van der Waals surface area (Å²) in [6.45, 7) is 3.44. The van der Waals surface area contributed by atoms with Crippen molar-refractivity contribution in [3.8, 4) is 12.3 Å². The lowest BCUT2D eigenvalue weighted by molar-refractivity contribution is 0.154. The van der Waals surface area contributed by atoms with Gasteiger partial charge in [-0.15, -0.1) is 12.3 Å². The zero-order valence-corrected chi connectivity index (χ0v) is 7.68. The van der Waals surface area contributed by atoms with Crippen LogP contribution in [-0.2, 0) is 0 Å². The maximum atomic E-state index is 5.16. The van der Waals surface area contributed by atoms with Crippen molar-refractivity contribution >= 4 is 0 Å². The van der Waals surface area contributed by atoms with E-state index in [1.807, 2.05) is 0 Å². The van der Waals surface area contributed by atoms with Gasteiger partial charge in [0.15, 0.2) is 0 Å². The third kappa shape index (κ3) is 3.75. The van der Waals surface area contributed by atoms with Gasteiger partial charge in [0.1, 0.15) is 0 Å². The van der Waals surface area contributed by atoms with Gasteiger partial charge in [-0.1, -0.05) is 6.42 Å². The van der Waals surface area contributed by atoms with Crippen molar-refractivity contribution in [1.29, 1.82) is 0 Å². The Bertz CT molecular complexity index is 142. The topological polar surface area (TPSA) is 15.3 Å². The number of unbranched alkanes of at least 4 members (excludes halogenated alkanes) is 1. The Morgan fingerprint density at radius 3 is 2.67 bits per heavy atom. The first-order valence-electron chi connectivity index (χ1n) is 4.85. The molecule has 2 heteroatoms. The molecule has 0 aliphatic carbocycles. The molecule has 0 atom stereocenters. The predicted molar refractivity (Wildman–Crippen MR) is 51.5 cm³/mol. The Kier molecular flexibility index (Phi) is 4.82. The second kappa shape index (κ2) is 6.05. The maximum Gasteiger partial charge on any atom is 0.0131 e. The molecule has 1 aliphatic heterocycles. The van der Waals surface area contributed by atoms with Gasteiger partial charge in [0.2, 0.25) is 0 Å². The van der Waals surface area contributed by atoms with E-state index in [0.29, 0.717) is 0 Å². The Morgan fingerprint density at radius 1 is 1.25 bits per heavy atom. The first kappa shape index (κ1) is 9.57. The molecule has 0 aromatic carbocycles. The number of hydrogen-bond donors (Lipinski definition) is 1. The molecule has 1 aliphatic rings. The highest BCUT2D eigenvalue weighted by atomic mass is 15.5. The van der Waals surface area contributed by atoms with Gasteiger partial charge in [0.05, 0.1) is 0 Å². The van der Waals surface area contributed by atoms with Crippen LogP contribution in [0.15, 0.2) is 0 Å². The number of piperidine rings is 1. The summed E-state index contributed by atoms with van der Waals surface area (Å²) in [6, 6.07) is 0. The van der Waals surface area contributed by atoms with Gasteiger partial charge in [-0.3, -0.25) is 5.43 Å². The molecule has 1 heterocycles. The average molecular weight is 166 g/mol. The van der Waals surface area contributed by atoms with E-state index in [9.17, 15) is 0 Å². The molecule has 0 aromatic heterocycles. The van der Waals surface area contributed by atoms with Crippen molar-refractivity contribution in [3.63, 3.8) is 0 Å². The standard InChI is InChI=1S/C10H18N2/c1-2-3-5-8-11-12-9-6-4-7-10-12/h1,11H,3-10H2. The third-order valence-corrected chi connectivity index (χ3v) is 2.19. The summed E-state index contributed by atoms with van der Waals surface area (Å²) in [6.07, 6.45) is 11.2. The molecule has 12 heavy (non-hydrogen) atoms. The Morgan fingerprint density at radius 2 is 2.00 bits per heavy atom. The van der Waals surface area contributed by atoms with E-state index in [0.717, 1.165) is 19.4 Å². The van der Waals surface area contributed by atoms with Gasteiger partial charge in [0.25, 0.3) is 0 Å². The van der Waals surface area contributed by atoms with E-state index in [4.69, 9.17) is 6.42 Å². The van der Waals surface area contributed by atoms with Crippen LogP contribution >= 0.6 is 0 Å². The zero-order chi connectivity index (χ0) is 8.65. The molecule has 0 aromatic rings. The SMILES string of the molecule is C#CCCCNN1CCCCC1. The Labute approximate surface area is 75.3 Å². The minimum atomic E-state index is 0.890. The Balaban J connectivity index is 1.95. The molecule has 1 rings (SSSR count). The van der Waals surface area contributed by atoms with E-state index in [-0.39, 0.29) is 0 Å². The average Bonchev–Trinajstić information content (AvgIpc) is 2.14. The lowest BCUT2D eigenvalue weighted by atomic mass is 10.2. The first-order valence-corrected chi connectivity index (χ1v) is 4.85. The monoisotopic (exact) mass is 166 g/mol. The summed E-state index contributed by atoms with van der Waals surface area (Å²) >= 11 is 0. The predicted octanol–water partition coefficient (Wildman–Crippen LogP) is 1.39. The lowest BCUT2D eigenvalue weighted by Gasteiger charge is -2.26. The van der Waals surface area contributed by atoms with Crippen molar-refractivity contribution in [3.05, 3.63) is 0 Å². The number of terminal acetylenes is 1. The molecule has 1 N–H and O–H groups in total. The van der Waals surface area contributed by atoms with Crippen molar-refractivity contribution in [1.82, 2.24) is 10.4 Å². The molecule has 1 fully saturated rings. The molecule has 0 radical (unpaired) electrons. The zero-order valence-electron chi connectivity index (χ0n) is 7.68. The van der Waals surface area contributed by atoms with E-state index >= 15 is 0 Å². The minimum absolute atomic E-state index is 0.890. The largest absolute Gasteiger partial charge is 0.255 e. The molecule has 0 spiro atoms. The van der Waals surface area contributed by atoms with Crippen LogP contribution in [0.1, 0.15) is 32.1 Å². The molecule has 2 nitrogen and oxygen atoms in total. The van der Waals surface area contributed by atoms with E-state index in [2.05, 4.69) is 16.4 Å². The highest BCUT2D eigenvalue weighted by molar-refractivity contribution is 4.83. The summed E-state index contributed by atoms with van der Waals surface area (Å²) in [5, 5.41) is 2.32. The summed E-state index contributed by atoms with van der Waals surface area (Å²) < 4.78 is 0. The number of rotatable bonds is 4. The van der Waals surface area contributed by atoms with Crippen LogP contribution in [-0.4, -0.2) is 24.6 Å². The van der Waals surface area contributed by atoms with Crippen LogP contribution in [0.3, 0.4) is 0 Å². The molecule has 0 amide bonds. The third-order valence-electron chi connectivity index (χ3n) is 2.19. The first-order chi connectivity index (χ1) is 5.93. The minimum Gasteiger partial charge on any atom is -0.255 e. The second-order valence-electron chi connectivity index (χ2n) is 3.26. The van der Waals surface area contributed by atoms with Crippen molar-refractivity contribution in [2.24, 2.45) is 0 Å². The van der Waals surface area contributed by atoms with Gasteiger partial charge in [-0.25, -0.2) is 5.01 Å². The normalized spacial score (nSPS) is 18.9. The highest BCUT2D eigenvalue weighted by Crippen LogP contribution is 2.05. The number of hydrazine groups is 1. The summed E-state index contributed by atoms with van der Waals surface area (Å²) in [5.41, 5.74) is 3.39. The smallest absolute Gasteiger partial charge is 0.0131 e. The molecule has 1 saturated heterocycles. The van der Waals surface area contributed by atoms with Crippen molar-refractivity contribution in [2.45, 2.75) is 32.1 Å². The molecule has 0 bridgehead atoms. The molecule has 0 saturated carbocycles. The highest BCUT2D eigenvalue weighted by Gasteiger charge is 2.07. The summed E-state index contributed by atoms with van der Waals surface area (Å²) in [4.78, 5) is 0. The van der Waals surface area contributed by atoms with Crippen LogP contribution in [0.2, 0.25) is 0 Å². The van der Waals surface area contributed by atoms with Gasteiger partial charge in [0, 0.05) is 26.1 Å². The van der Waals surface area contributed by atoms with Crippen LogP contribution in [0.25, 0.3) is 0 Å². The van der Waals surface area contributed by atoms with E-state index in [1.165, 1.54) is 32.4 Å². The number of nitrogens with zero attached hydrogens (tertiary/aromatic N) is 1. The van der Waals surface area contributed by atoms with Crippen LogP contribution in [0.5, 0.6) is 0 Å².